The standard InChI is InChI=1S/C30H32FN7O2/c1-19-12-20(13-22-16-33-36-29(19)22)14-27(26-15-23(31)6-9-32-26)34-28(39)18-37-10-7-24(8-11-37)38-17-21-4-2-3-5-25(21)35-30(38)40/h2-6,9,12-13,15-16,24,27H,7-8,10-11,14,17-18H2,1H3,(H,33,36)(H,34,39)(H,35,40). The lowest BCUT2D eigenvalue weighted by molar-refractivity contribution is -0.123. The van der Waals surface area contributed by atoms with Crippen LogP contribution in [-0.2, 0) is 17.8 Å². The van der Waals surface area contributed by atoms with E-state index in [1.54, 1.807) is 6.20 Å². The van der Waals surface area contributed by atoms with E-state index in [1.807, 2.05) is 42.2 Å². The van der Waals surface area contributed by atoms with Crippen LogP contribution in [0.4, 0.5) is 14.9 Å². The molecule has 2 aromatic carbocycles. The van der Waals surface area contributed by atoms with E-state index in [1.165, 1.54) is 18.3 Å². The number of urea groups is 1. The van der Waals surface area contributed by atoms with E-state index < -0.39 is 11.9 Å². The van der Waals surface area contributed by atoms with Crippen LogP contribution in [0.15, 0.2) is 60.9 Å². The fourth-order valence-corrected chi connectivity index (χ4v) is 5.86. The number of rotatable bonds is 7. The number of aromatic nitrogens is 3. The molecule has 2 aliphatic rings. The summed E-state index contributed by atoms with van der Waals surface area (Å²) in [5.74, 6) is -0.530. The molecule has 0 aliphatic carbocycles. The van der Waals surface area contributed by atoms with Crippen LogP contribution in [-0.4, -0.2) is 62.6 Å². The monoisotopic (exact) mass is 541 g/mol. The minimum Gasteiger partial charge on any atom is -0.346 e. The molecule has 206 valence electrons. The summed E-state index contributed by atoms with van der Waals surface area (Å²) in [6.45, 7) is 4.26. The zero-order valence-corrected chi connectivity index (χ0v) is 22.4. The van der Waals surface area contributed by atoms with Crippen LogP contribution >= 0.6 is 0 Å². The second kappa shape index (κ2) is 11.1. The van der Waals surface area contributed by atoms with Gasteiger partial charge in [-0.2, -0.15) is 5.10 Å². The fourth-order valence-electron chi connectivity index (χ4n) is 5.86. The summed E-state index contributed by atoms with van der Waals surface area (Å²) in [5.41, 5.74) is 5.50. The minimum absolute atomic E-state index is 0.0656. The number of H-pyrrole nitrogens is 1. The van der Waals surface area contributed by atoms with Gasteiger partial charge in [0.1, 0.15) is 5.82 Å². The summed E-state index contributed by atoms with van der Waals surface area (Å²) in [6, 6.07) is 14.2. The molecule has 9 nitrogen and oxygen atoms in total. The molecule has 1 atom stereocenters. The van der Waals surface area contributed by atoms with Crippen LogP contribution in [0.5, 0.6) is 0 Å². The summed E-state index contributed by atoms with van der Waals surface area (Å²) < 4.78 is 14.1. The molecule has 40 heavy (non-hydrogen) atoms. The Morgan fingerprint density at radius 3 is 2.83 bits per heavy atom. The normalized spacial score (nSPS) is 16.9. The number of anilines is 1. The highest BCUT2D eigenvalue weighted by Crippen LogP contribution is 2.28. The van der Waals surface area contributed by atoms with Crippen molar-refractivity contribution in [3.8, 4) is 0 Å². The van der Waals surface area contributed by atoms with Crippen LogP contribution in [0.25, 0.3) is 10.9 Å². The first-order valence-electron chi connectivity index (χ1n) is 13.6. The zero-order valence-electron chi connectivity index (χ0n) is 22.4. The van der Waals surface area contributed by atoms with Gasteiger partial charge in [0.2, 0.25) is 5.91 Å². The molecule has 6 rings (SSSR count). The topological polar surface area (TPSA) is 106 Å². The molecule has 2 aromatic heterocycles. The van der Waals surface area contributed by atoms with Crippen molar-refractivity contribution in [2.24, 2.45) is 0 Å². The van der Waals surface area contributed by atoms with Gasteiger partial charge in [-0.15, -0.1) is 0 Å². The predicted molar refractivity (Wildman–Crippen MR) is 150 cm³/mol. The van der Waals surface area contributed by atoms with Gasteiger partial charge in [0, 0.05) is 42.9 Å². The van der Waals surface area contributed by atoms with Gasteiger partial charge >= 0.3 is 6.03 Å². The molecule has 10 heteroatoms. The lowest BCUT2D eigenvalue weighted by Gasteiger charge is -2.40. The van der Waals surface area contributed by atoms with Crippen LogP contribution in [0, 0.1) is 12.7 Å². The third-order valence-electron chi connectivity index (χ3n) is 7.91. The van der Waals surface area contributed by atoms with Gasteiger partial charge < -0.3 is 15.5 Å². The molecule has 3 amide bonds. The molecule has 1 fully saturated rings. The summed E-state index contributed by atoms with van der Waals surface area (Å²) in [7, 11) is 0. The number of fused-ring (bicyclic) bond motifs is 2. The number of likely N-dealkylation sites (tertiary alicyclic amines) is 1. The first kappa shape index (κ1) is 25.9. The van der Waals surface area contributed by atoms with Crippen molar-refractivity contribution >= 4 is 28.5 Å². The highest BCUT2D eigenvalue weighted by atomic mass is 19.1. The Hall–Kier alpha value is -4.31. The van der Waals surface area contributed by atoms with E-state index in [4.69, 9.17) is 0 Å². The lowest BCUT2D eigenvalue weighted by Crippen LogP contribution is -2.51. The summed E-state index contributed by atoms with van der Waals surface area (Å²) in [5, 5.41) is 14.2. The van der Waals surface area contributed by atoms with E-state index in [2.05, 4.69) is 36.8 Å². The van der Waals surface area contributed by atoms with Crippen molar-refractivity contribution in [3.63, 3.8) is 0 Å². The van der Waals surface area contributed by atoms with Gasteiger partial charge in [0.15, 0.2) is 0 Å². The number of benzene rings is 2. The number of aromatic amines is 1. The molecule has 0 radical (unpaired) electrons. The Morgan fingerprint density at radius 1 is 1.18 bits per heavy atom. The predicted octanol–water partition coefficient (Wildman–Crippen LogP) is 4.32. The van der Waals surface area contributed by atoms with Crippen molar-refractivity contribution in [2.75, 3.05) is 25.0 Å². The van der Waals surface area contributed by atoms with Gasteiger partial charge in [-0.1, -0.05) is 24.3 Å². The molecule has 2 aliphatic heterocycles. The van der Waals surface area contributed by atoms with E-state index in [0.29, 0.717) is 31.7 Å². The van der Waals surface area contributed by atoms with Crippen molar-refractivity contribution in [1.29, 1.82) is 0 Å². The van der Waals surface area contributed by atoms with Crippen molar-refractivity contribution in [2.45, 2.75) is 44.8 Å². The number of hydrogen-bond acceptors (Lipinski definition) is 5. The third-order valence-corrected chi connectivity index (χ3v) is 7.91. The average Bonchev–Trinajstić information content (AvgIpc) is 3.42. The van der Waals surface area contributed by atoms with Crippen molar-refractivity contribution in [1.82, 2.24) is 30.3 Å². The number of halogens is 1. The van der Waals surface area contributed by atoms with Crippen molar-refractivity contribution in [3.05, 3.63) is 89.1 Å². The number of hydrogen-bond donors (Lipinski definition) is 3. The van der Waals surface area contributed by atoms with E-state index in [0.717, 1.165) is 46.1 Å². The SMILES string of the molecule is Cc1cc(CC(NC(=O)CN2CCC(N3Cc4ccccc4NC3=O)CC2)c2cc(F)ccn2)cc2cn[nH]c12. The van der Waals surface area contributed by atoms with Gasteiger partial charge in [-0.05, 0) is 67.1 Å². The summed E-state index contributed by atoms with van der Waals surface area (Å²) >= 11 is 0. The Morgan fingerprint density at radius 2 is 2.00 bits per heavy atom. The van der Waals surface area contributed by atoms with E-state index in [9.17, 15) is 14.0 Å². The number of piperidine rings is 1. The molecular weight excluding hydrogens is 509 g/mol. The number of carbonyl (C=O) groups excluding carboxylic acids is 2. The first-order chi connectivity index (χ1) is 19.4. The second-order valence-electron chi connectivity index (χ2n) is 10.7. The third kappa shape index (κ3) is 5.53. The maximum absolute atomic E-state index is 14.1. The summed E-state index contributed by atoms with van der Waals surface area (Å²) in [6.07, 6.45) is 5.26. The zero-order chi connectivity index (χ0) is 27.6. The Balaban J connectivity index is 1.09. The van der Waals surface area contributed by atoms with Gasteiger partial charge in [0.05, 0.1) is 30.0 Å². The summed E-state index contributed by atoms with van der Waals surface area (Å²) in [4.78, 5) is 34.3. The van der Waals surface area contributed by atoms with Crippen LogP contribution < -0.4 is 10.6 Å². The Kier molecular flexibility index (Phi) is 7.17. The van der Waals surface area contributed by atoms with Crippen molar-refractivity contribution < 1.29 is 14.0 Å². The minimum atomic E-state index is -0.485. The van der Waals surface area contributed by atoms with Gasteiger partial charge in [-0.3, -0.25) is 19.8 Å². The number of pyridine rings is 1. The smallest absolute Gasteiger partial charge is 0.322 e. The highest BCUT2D eigenvalue weighted by molar-refractivity contribution is 5.92. The van der Waals surface area contributed by atoms with Crippen LogP contribution in [0.2, 0.25) is 0 Å². The van der Waals surface area contributed by atoms with Gasteiger partial charge in [0.25, 0.3) is 0 Å². The number of nitrogens with zero attached hydrogens (tertiary/aromatic N) is 4. The lowest BCUT2D eigenvalue weighted by atomic mass is 9.99. The van der Waals surface area contributed by atoms with Crippen LogP contribution in [0.1, 0.15) is 41.3 Å². The number of nitrogens with one attached hydrogen (secondary N) is 3. The number of aryl methyl sites for hydroxylation is 1. The fraction of sp³-hybridized carbons (Fsp3) is 0.333. The molecule has 4 heterocycles. The maximum atomic E-state index is 14.1. The Bertz CT molecular complexity index is 1550. The largest absolute Gasteiger partial charge is 0.346 e. The number of para-hydroxylation sites is 1. The molecule has 1 saturated heterocycles. The van der Waals surface area contributed by atoms with E-state index >= 15 is 0 Å². The maximum Gasteiger partial charge on any atom is 0.322 e. The molecular formula is C30H32FN7O2. The van der Waals surface area contributed by atoms with E-state index in [-0.39, 0.29) is 24.5 Å². The Labute approximate surface area is 231 Å². The number of amides is 3. The quantitative estimate of drug-likeness (QED) is 0.323. The first-order valence-corrected chi connectivity index (χ1v) is 13.6. The molecule has 0 bridgehead atoms. The average molecular weight is 542 g/mol. The van der Waals surface area contributed by atoms with Crippen LogP contribution in [0.3, 0.4) is 0 Å². The molecule has 1 unspecified atom stereocenters. The second-order valence-corrected chi connectivity index (χ2v) is 10.7. The molecule has 3 N–H and O–H groups in total. The highest BCUT2D eigenvalue weighted by Gasteiger charge is 2.32. The molecule has 4 aromatic rings. The van der Waals surface area contributed by atoms with Gasteiger partial charge in [-0.25, -0.2) is 9.18 Å². The number of carbonyl (C=O) groups is 2. The molecule has 0 saturated carbocycles. The molecule has 0 spiro atoms.